The second-order valence-electron chi connectivity index (χ2n) is 3.02. The Morgan fingerprint density at radius 3 is 2.36 bits per heavy atom. The van der Waals surface area contributed by atoms with Gasteiger partial charge in [0, 0.05) is 0 Å². The molecule has 1 heteroatoms. The van der Waals surface area contributed by atoms with Crippen molar-refractivity contribution in [3.05, 3.63) is 6.92 Å². The van der Waals surface area contributed by atoms with Crippen LogP contribution >= 0.6 is 0 Å². The molecule has 0 atom stereocenters. The summed E-state index contributed by atoms with van der Waals surface area (Å²) >= 11 is 0. The normalized spacial score (nSPS) is 10.4. The lowest BCUT2D eigenvalue weighted by molar-refractivity contribution is 0.587. The Bertz CT molecular complexity index is 53.9. The van der Waals surface area contributed by atoms with Crippen LogP contribution in [0.5, 0.6) is 0 Å². The first-order valence-electron chi connectivity index (χ1n) is 4.91. The van der Waals surface area contributed by atoms with Gasteiger partial charge in [0.15, 0.2) is 0 Å². The van der Waals surface area contributed by atoms with Crippen LogP contribution in [0, 0.1) is 6.92 Å². The fraction of sp³-hybridized carbons (Fsp3) is 0.900. The van der Waals surface area contributed by atoms with Gasteiger partial charge in [0.1, 0.15) is 0 Å². The SMILES string of the molecule is [CH2]CCCCCNCCCC. The Morgan fingerprint density at radius 1 is 1.00 bits per heavy atom. The molecule has 1 nitrogen and oxygen atoms in total. The molecule has 1 radical (unpaired) electrons. The summed E-state index contributed by atoms with van der Waals surface area (Å²) in [5, 5.41) is 3.42. The molecule has 0 aliphatic rings. The lowest BCUT2D eigenvalue weighted by atomic mass is 10.2. The van der Waals surface area contributed by atoms with Gasteiger partial charge in [0.2, 0.25) is 0 Å². The fourth-order valence-corrected chi connectivity index (χ4v) is 1.03. The minimum Gasteiger partial charge on any atom is -0.317 e. The Kier molecular flexibility index (Phi) is 9.92. The topological polar surface area (TPSA) is 12.0 Å². The van der Waals surface area contributed by atoms with E-state index in [0.717, 1.165) is 6.42 Å². The molecule has 0 rings (SSSR count). The number of rotatable bonds is 8. The van der Waals surface area contributed by atoms with Crippen LogP contribution in [0.15, 0.2) is 0 Å². The van der Waals surface area contributed by atoms with Gasteiger partial charge in [-0.1, -0.05) is 39.5 Å². The van der Waals surface area contributed by atoms with E-state index < -0.39 is 0 Å². The average molecular weight is 156 g/mol. The monoisotopic (exact) mass is 156 g/mol. The Balaban J connectivity index is 2.69. The standard InChI is InChI=1S/C10H22N/c1-3-5-7-8-10-11-9-6-4-2/h11H,1,3-10H2,2H3. The zero-order chi connectivity index (χ0) is 8.36. The summed E-state index contributed by atoms with van der Waals surface area (Å²) in [6.45, 7) is 8.43. The lowest BCUT2D eigenvalue weighted by Gasteiger charge is -2.02. The van der Waals surface area contributed by atoms with Gasteiger partial charge in [-0.05, 0) is 25.9 Å². The number of nitrogens with one attached hydrogen (secondary N) is 1. The van der Waals surface area contributed by atoms with Crippen molar-refractivity contribution in [3.8, 4) is 0 Å². The van der Waals surface area contributed by atoms with E-state index in [0.29, 0.717) is 0 Å². The van der Waals surface area contributed by atoms with Gasteiger partial charge in [0.25, 0.3) is 0 Å². The summed E-state index contributed by atoms with van der Waals surface area (Å²) in [5.41, 5.74) is 0. The molecular weight excluding hydrogens is 134 g/mol. The molecule has 0 saturated carbocycles. The summed E-state index contributed by atoms with van der Waals surface area (Å²) < 4.78 is 0. The summed E-state index contributed by atoms with van der Waals surface area (Å²) in [4.78, 5) is 0. The van der Waals surface area contributed by atoms with Crippen LogP contribution in [0.3, 0.4) is 0 Å². The van der Waals surface area contributed by atoms with Crippen molar-refractivity contribution in [2.45, 2.75) is 45.4 Å². The van der Waals surface area contributed by atoms with Crippen LogP contribution in [0.4, 0.5) is 0 Å². The van der Waals surface area contributed by atoms with Crippen LogP contribution < -0.4 is 5.32 Å². The van der Waals surface area contributed by atoms with Crippen molar-refractivity contribution in [1.82, 2.24) is 5.32 Å². The summed E-state index contributed by atoms with van der Waals surface area (Å²) in [6, 6.07) is 0. The number of hydrogen-bond acceptors (Lipinski definition) is 1. The zero-order valence-electron chi connectivity index (χ0n) is 7.86. The van der Waals surface area contributed by atoms with E-state index in [1.165, 1.54) is 45.2 Å². The smallest absolute Gasteiger partial charge is 0.00489 e. The van der Waals surface area contributed by atoms with Gasteiger partial charge in [-0.15, -0.1) is 0 Å². The van der Waals surface area contributed by atoms with Crippen molar-refractivity contribution in [2.75, 3.05) is 13.1 Å². The first-order chi connectivity index (χ1) is 5.41. The molecule has 0 aliphatic carbocycles. The minimum atomic E-state index is 1.09. The highest BCUT2D eigenvalue weighted by molar-refractivity contribution is 4.49. The molecule has 0 aliphatic heterocycles. The molecular formula is C10H22N. The highest BCUT2D eigenvalue weighted by Crippen LogP contribution is 1.96. The van der Waals surface area contributed by atoms with Crippen LogP contribution in [-0.2, 0) is 0 Å². The predicted octanol–water partition coefficient (Wildman–Crippen LogP) is 2.77. The van der Waals surface area contributed by atoms with Crippen molar-refractivity contribution in [2.24, 2.45) is 0 Å². The molecule has 0 unspecified atom stereocenters. The van der Waals surface area contributed by atoms with E-state index in [1.807, 2.05) is 0 Å². The molecule has 0 bridgehead atoms. The van der Waals surface area contributed by atoms with E-state index in [2.05, 4.69) is 19.2 Å². The summed E-state index contributed by atoms with van der Waals surface area (Å²) in [6.07, 6.45) is 7.65. The highest BCUT2D eigenvalue weighted by atomic mass is 14.8. The molecule has 0 aromatic rings. The van der Waals surface area contributed by atoms with Crippen LogP contribution in [0.25, 0.3) is 0 Å². The quantitative estimate of drug-likeness (QED) is 0.533. The Morgan fingerprint density at radius 2 is 1.73 bits per heavy atom. The number of unbranched alkanes of at least 4 members (excludes halogenated alkanes) is 4. The second-order valence-corrected chi connectivity index (χ2v) is 3.02. The third kappa shape index (κ3) is 9.96. The Hall–Kier alpha value is -0.0400. The molecule has 0 fully saturated rings. The minimum absolute atomic E-state index is 1.09. The van der Waals surface area contributed by atoms with E-state index in [4.69, 9.17) is 0 Å². The zero-order valence-corrected chi connectivity index (χ0v) is 7.86. The van der Waals surface area contributed by atoms with Crippen LogP contribution in [0.2, 0.25) is 0 Å². The molecule has 1 N–H and O–H groups in total. The third-order valence-corrected chi connectivity index (χ3v) is 1.81. The van der Waals surface area contributed by atoms with E-state index in [9.17, 15) is 0 Å². The van der Waals surface area contributed by atoms with E-state index in [-0.39, 0.29) is 0 Å². The predicted molar refractivity (Wildman–Crippen MR) is 51.6 cm³/mol. The maximum Gasteiger partial charge on any atom is -0.00489 e. The molecule has 0 amide bonds. The average Bonchev–Trinajstić information content (AvgIpc) is 2.03. The molecule has 0 aromatic heterocycles. The van der Waals surface area contributed by atoms with Gasteiger partial charge in [-0.25, -0.2) is 0 Å². The van der Waals surface area contributed by atoms with Crippen LogP contribution in [-0.4, -0.2) is 13.1 Å². The third-order valence-electron chi connectivity index (χ3n) is 1.81. The molecule has 0 aromatic carbocycles. The second kappa shape index (κ2) is 9.96. The van der Waals surface area contributed by atoms with Crippen molar-refractivity contribution in [3.63, 3.8) is 0 Å². The van der Waals surface area contributed by atoms with Crippen LogP contribution in [0.1, 0.15) is 45.4 Å². The first-order valence-corrected chi connectivity index (χ1v) is 4.91. The van der Waals surface area contributed by atoms with Gasteiger partial charge in [-0.2, -0.15) is 0 Å². The van der Waals surface area contributed by atoms with Crippen molar-refractivity contribution >= 4 is 0 Å². The Labute approximate surface area is 71.6 Å². The maximum atomic E-state index is 3.81. The lowest BCUT2D eigenvalue weighted by Crippen LogP contribution is -2.16. The van der Waals surface area contributed by atoms with Crippen molar-refractivity contribution in [1.29, 1.82) is 0 Å². The summed E-state index contributed by atoms with van der Waals surface area (Å²) in [5.74, 6) is 0. The number of hydrogen-bond donors (Lipinski definition) is 1. The van der Waals surface area contributed by atoms with E-state index in [1.54, 1.807) is 0 Å². The van der Waals surface area contributed by atoms with Gasteiger partial charge in [0.05, 0.1) is 0 Å². The molecule has 0 spiro atoms. The fourth-order valence-electron chi connectivity index (χ4n) is 1.03. The van der Waals surface area contributed by atoms with Crippen molar-refractivity contribution < 1.29 is 0 Å². The van der Waals surface area contributed by atoms with E-state index >= 15 is 0 Å². The van der Waals surface area contributed by atoms with Gasteiger partial charge in [-0.3, -0.25) is 0 Å². The highest BCUT2D eigenvalue weighted by Gasteiger charge is 1.87. The summed E-state index contributed by atoms with van der Waals surface area (Å²) in [7, 11) is 0. The first kappa shape index (κ1) is 11.0. The molecule has 67 valence electrons. The molecule has 11 heavy (non-hydrogen) atoms. The molecule has 0 saturated heterocycles. The maximum absolute atomic E-state index is 3.81. The van der Waals surface area contributed by atoms with Gasteiger partial charge < -0.3 is 5.32 Å². The molecule has 0 heterocycles. The largest absolute Gasteiger partial charge is 0.317 e. The van der Waals surface area contributed by atoms with Gasteiger partial charge >= 0.3 is 0 Å².